The van der Waals surface area contributed by atoms with E-state index in [-0.39, 0.29) is 5.91 Å². The molecule has 1 N–H and O–H groups in total. The first-order valence-corrected chi connectivity index (χ1v) is 10.3. The Balaban J connectivity index is 1.42. The molecule has 1 aliphatic heterocycles. The number of aryl methyl sites for hydroxylation is 2. The van der Waals surface area contributed by atoms with E-state index in [1.165, 1.54) is 11.1 Å². The molecule has 1 saturated heterocycles. The number of benzene rings is 2. The van der Waals surface area contributed by atoms with Crippen LogP contribution < -0.4 is 4.74 Å². The Bertz CT molecular complexity index is 1010. The van der Waals surface area contributed by atoms with Crippen LogP contribution in [0, 0.1) is 13.8 Å². The molecule has 0 saturated carbocycles. The molecule has 0 aliphatic carbocycles. The molecule has 0 spiro atoms. The van der Waals surface area contributed by atoms with E-state index in [9.17, 15) is 4.79 Å². The minimum Gasteiger partial charge on any atom is -0.497 e. The molecule has 2 aromatic carbocycles. The first kappa shape index (κ1) is 19.5. The van der Waals surface area contributed by atoms with Crippen LogP contribution in [-0.4, -0.2) is 54.0 Å². The summed E-state index contributed by atoms with van der Waals surface area (Å²) in [6.07, 6.45) is 0.992. The maximum Gasteiger partial charge on any atom is 0.253 e. The molecule has 0 radical (unpaired) electrons. The number of fused-ring (bicyclic) bond motifs is 1. The molecule has 0 unspecified atom stereocenters. The molecule has 4 rings (SSSR count). The fourth-order valence-electron chi connectivity index (χ4n) is 4.10. The molecule has 5 nitrogen and oxygen atoms in total. The molecule has 29 heavy (non-hydrogen) atoms. The lowest BCUT2D eigenvalue weighted by atomic mass is 10.1. The Morgan fingerprint density at radius 3 is 2.59 bits per heavy atom. The van der Waals surface area contributed by atoms with Crippen molar-refractivity contribution >= 4 is 16.8 Å². The molecular weight excluding hydrogens is 362 g/mol. The number of ether oxygens (including phenoxy) is 1. The molecule has 1 fully saturated rings. The first-order valence-electron chi connectivity index (χ1n) is 10.3. The summed E-state index contributed by atoms with van der Waals surface area (Å²) in [5.74, 6) is 1.02. The summed E-state index contributed by atoms with van der Waals surface area (Å²) in [5.41, 5.74) is 5.53. The summed E-state index contributed by atoms with van der Waals surface area (Å²) in [7, 11) is 1.69. The van der Waals surface area contributed by atoms with Gasteiger partial charge in [-0.2, -0.15) is 0 Å². The molecule has 0 atom stereocenters. The predicted molar refractivity (Wildman–Crippen MR) is 117 cm³/mol. The number of aromatic nitrogens is 1. The second-order valence-electron chi connectivity index (χ2n) is 7.91. The summed E-state index contributed by atoms with van der Waals surface area (Å²) < 4.78 is 5.24. The second kappa shape index (κ2) is 8.29. The van der Waals surface area contributed by atoms with Gasteiger partial charge in [-0.1, -0.05) is 12.1 Å². The van der Waals surface area contributed by atoms with Crippen LogP contribution in [0.5, 0.6) is 5.75 Å². The van der Waals surface area contributed by atoms with Crippen molar-refractivity contribution in [1.29, 1.82) is 0 Å². The van der Waals surface area contributed by atoms with Gasteiger partial charge in [-0.05, 0) is 61.7 Å². The number of methoxy groups -OCH3 is 1. The van der Waals surface area contributed by atoms with Crippen molar-refractivity contribution in [2.45, 2.75) is 26.8 Å². The fourth-order valence-corrected chi connectivity index (χ4v) is 4.10. The van der Waals surface area contributed by atoms with Crippen molar-refractivity contribution in [2.24, 2.45) is 0 Å². The highest BCUT2D eigenvalue weighted by Crippen LogP contribution is 2.23. The molecule has 1 amide bonds. The van der Waals surface area contributed by atoms with E-state index in [4.69, 9.17) is 4.74 Å². The lowest BCUT2D eigenvalue weighted by molar-refractivity contribution is 0.0761. The van der Waals surface area contributed by atoms with Gasteiger partial charge in [0, 0.05) is 54.9 Å². The molecular formula is C24H29N3O2. The lowest BCUT2D eigenvalue weighted by Crippen LogP contribution is -2.35. The average Bonchev–Trinajstić information content (AvgIpc) is 2.90. The molecule has 3 aromatic rings. The third-order valence-corrected chi connectivity index (χ3v) is 6.00. The van der Waals surface area contributed by atoms with Gasteiger partial charge in [0.1, 0.15) is 5.75 Å². The van der Waals surface area contributed by atoms with E-state index in [0.717, 1.165) is 67.1 Å². The topological polar surface area (TPSA) is 48.6 Å². The third-order valence-electron chi connectivity index (χ3n) is 6.00. The zero-order chi connectivity index (χ0) is 20.4. The average molecular weight is 392 g/mol. The van der Waals surface area contributed by atoms with E-state index in [2.05, 4.69) is 35.9 Å². The summed E-state index contributed by atoms with van der Waals surface area (Å²) in [5, 5.41) is 1.14. The molecule has 152 valence electrons. The van der Waals surface area contributed by atoms with Gasteiger partial charge in [0.2, 0.25) is 0 Å². The number of carbonyl (C=O) groups excluding carboxylic acids is 1. The Hall–Kier alpha value is -2.79. The molecule has 0 bridgehead atoms. The van der Waals surface area contributed by atoms with Gasteiger partial charge in [0.05, 0.1) is 7.11 Å². The van der Waals surface area contributed by atoms with Crippen LogP contribution in [-0.2, 0) is 6.54 Å². The fraction of sp³-hybridized carbons (Fsp3) is 0.375. The van der Waals surface area contributed by atoms with Gasteiger partial charge >= 0.3 is 0 Å². The quantitative estimate of drug-likeness (QED) is 0.727. The van der Waals surface area contributed by atoms with Gasteiger partial charge in [-0.15, -0.1) is 0 Å². The number of hydrogen-bond donors (Lipinski definition) is 1. The molecule has 5 heteroatoms. The van der Waals surface area contributed by atoms with Crippen molar-refractivity contribution in [1.82, 2.24) is 14.8 Å². The minimum absolute atomic E-state index is 0.136. The number of nitrogens with one attached hydrogen (secondary N) is 1. The summed E-state index contributed by atoms with van der Waals surface area (Å²) in [6, 6.07) is 14.2. The van der Waals surface area contributed by atoms with E-state index < -0.39 is 0 Å². The van der Waals surface area contributed by atoms with Crippen LogP contribution in [0.15, 0.2) is 42.5 Å². The van der Waals surface area contributed by atoms with E-state index >= 15 is 0 Å². The van der Waals surface area contributed by atoms with Crippen LogP contribution in [0.1, 0.15) is 33.6 Å². The lowest BCUT2D eigenvalue weighted by Gasteiger charge is -2.22. The Kier molecular flexibility index (Phi) is 5.58. The van der Waals surface area contributed by atoms with Gasteiger partial charge in [0.15, 0.2) is 0 Å². The Morgan fingerprint density at radius 2 is 1.83 bits per heavy atom. The molecule has 1 aliphatic rings. The number of carbonyl (C=O) groups is 1. The largest absolute Gasteiger partial charge is 0.497 e. The summed E-state index contributed by atoms with van der Waals surface area (Å²) in [4.78, 5) is 20.9. The van der Waals surface area contributed by atoms with Crippen molar-refractivity contribution in [3.63, 3.8) is 0 Å². The first-order chi connectivity index (χ1) is 14.0. The maximum atomic E-state index is 13.1. The van der Waals surface area contributed by atoms with Gasteiger partial charge in [-0.3, -0.25) is 9.69 Å². The minimum atomic E-state index is 0.136. The highest BCUT2D eigenvalue weighted by atomic mass is 16.5. The van der Waals surface area contributed by atoms with Crippen LogP contribution in [0.2, 0.25) is 0 Å². The highest BCUT2D eigenvalue weighted by molar-refractivity contribution is 5.99. The summed E-state index contributed by atoms with van der Waals surface area (Å²) >= 11 is 0. The standard InChI is InChI=1S/C24H29N3O2/c1-17-18(2)25-23-10-7-20(15-22(17)23)24(28)27-12-4-11-26(13-14-27)16-19-5-8-21(29-3)9-6-19/h5-10,15,25H,4,11-14,16H2,1-3H3. The maximum absolute atomic E-state index is 13.1. The van der Waals surface area contributed by atoms with Crippen LogP contribution in [0.4, 0.5) is 0 Å². The highest BCUT2D eigenvalue weighted by Gasteiger charge is 2.21. The summed E-state index contributed by atoms with van der Waals surface area (Å²) in [6.45, 7) is 8.54. The normalized spacial score (nSPS) is 15.5. The van der Waals surface area contributed by atoms with Crippen LogP contribution in [0.3, 0.4) is 0 Å². The SMILES string of the molecule is COc1ccc(CN2CCCN(C(=O)c3ccc4[nH]c(C)c(C)c4c3)CC2)cc1. The van der Waals surface area contributed by atoms with Gasteiger partial charge in [-0.25, -0.2) is 0 Å². The van der Waals surface area contributed by atoms with Crippen LogP contribution in [0.25, 0.3) is 10.9 Å². The van der Waals surface area contributed by atoms with Crippen molar-refractivity contribution in [3.8, 4) is 5.75 Å². The van der Waals surface area contributed by atoms with Crippen molar-refractivity contribution in [2.75, 3.05) is 33.3 Å². The molecule has 1 aromatic heterocycles. The van der Waals surface area contributed by atoms with Crippen molar-refractivity contribution in [3.05, 3.63) is 64.8 Å². The Labute approximate surface area is 172 Å². The molecule has 2 heterocycles. The Morgan fingerprint density at radius 1 is 1.03 bits per heavy atom. The number of hydrogen-bond acceptors (Lipinski definition) is 3. The number of nitrogens with zero attached hydrogens (tertiary/aromatic N) is 2. The zero-order valence-corrected chi connectivity index (χ0v) is 17.5. The zero-order valence-electron chi connectivity index (χ0n) is 17.5. The van der Waals surface area contributed by atoms with Crippen molar-refractivity contribution < 1.29 is 9.53 Å². The predicted octanol–water partition coefficient (Wildman–Crippen LogP) is 4.14. The van der Waals surface area contributed by atoms with E-state index in [0.29, 0.717) is 0 Å². The number of H-pyrrole nitrogens is 1. The number of rotatable bonds is 4. The monoisotopic (exact) mass is 391 g/mol. The van der Waals surface area contributed by atoms with E-state index in [1.54, 1.807) is 7.11 Å². The van der Waals surface area contributed by atoms with E-state index in [1.807, 2.05) is 35.2 Å². The van der Waals surface area contributed by atoms with Gasteiger partial charge in [0.25, 0.3) is 5.91 Å². The smallest absolute Gasteiger partial charge is 0.253 e. The number of amides is 1. The number of aromatic amines is 1. The van der Waals surface area contributed by atoms with Crippen LogP contribution >= 0.6 is 0 Å². The third kappa shape index (κ3) is 4.15. The van der Waals surface area contributed by atoms with Gasteiger partial charge < -0.3 is 14.6 Å². The second-order valence-corrected chi connectivity index (χ2v) is 7.91.